The first kappa shape index (κ1) is 19.0. The van der Waals surface area contributed by atoms with Crippen LogP contribution in [-0.2, 0) is 22.6 Å². The Morgan fingerprint density at radius 3 is 2.73 bits per heavy atom. The van der Waals surface area contributed by atoms with Crippen molar-refractivity contribution in [3.05, 3.63) is 52.6 Å². The fraction of sp³-hybridized carbons (Fsp3) is 0.417. The van der Waals surface area contributed by atoms with E-state index in [0.29, 0.717) is 25.3 Å². The third-order valence-corrected chi connectivity index (χ3v) is 6.14. The van der Waals surface area contributed by atoms with Crippen LogP contribution < -0.4 is 14.8 Å². The Labute approximate surface area is 176 Å². The van der Waals surface area contributed by atoms with Crippen molar-refractivity contribution in [2.45, 2.75) is 39.7 Å². The number of fused-ring (bicyclic) bond motifs is 2. The van der Waals surface area contributed by atoms with Gasteiger partial charge in [0.25, 0.3) is 0 Å². The van der Waals surface area contributed by atoms with Gasteiger partial charge in [0.05, 0.1) is 5.92 Å². The first-order chi connectivity index (χ1) is 14.5. The lowest BCUT2D eigenvalue weighted by molar-refractivity contribution is -0.134. The number of rotatable bonds is 5. The molecule has 5 rings (SSSR count). The summed E-state index contributed by atoms with van der Waals surface area (Å²) in [5, 5.41) is 3.08. The molecule has 0 spiro atoms. The predicted octanol–water partition coefficient (Wildman–Crippen LogP) is 3.58. The van der Waals surface area contributed by atoms with Crippen molar-refractivity contribution in [1.82, 2.24) is 4.90 Å². The Bertz CT molecular complexity index is 1030. The molecule has 6 nitrogen and oxygen atoms in total. The van der Waals surface area contributed by atoms with E-state index in [1.54, 1.807) is 0 Å². The molecule has 1 aliphatic carbocycles. The average Bonchev–Trinajstić information content (AvgIpc) is 3.46. The van der Waals surface area contributed by atoms with Gasteiger partial charge in [-0.2, -0.15) is 0 Å². The molecule has 1 atom stereocenters. The van der Waals surface area contributed by atoms with E-state index in [1.165, 1.54) is 5.56 Å². The van der Waals surface area contributed by atoms with Gasteiger partial charge in [0, 0.05) is 24.7 Å². The van der Waals surface area contributed by atoms with Crippen molar-refractivity contribution in [1.29, 1.82) is 0 Å². The van der Waals surface area contributed by atoms with E-state index < -0.39 is 0 Å². The molecule has 0 bridgehead atoms. The molecular formula is C24H26N2O4. The fourth-order valence-electron chi connectivity index (χ4n) is 4.47. The number of amides is 2. The molecule has 2 aliphatic heterocycles. The maximum Gasteiger partial charge on any atom is 0.231 e. The smallest absolute Gasteiger partial charge is 0.231 e. The van der Waals surface area contributed by atoms with Crippen LogP contribution in [0, 0.1) is 25.7 Å². The minimum Gasteiger partial charge on any atom is -0.454 e. The van der Waals surface area contributed by atoms with Gasteiger partial charge in [-0.1, -0.05) is 23.8 Å². The first-order valence-corrected chi connectivity index (χ1v) is 10.6. The van der Waals surface area contributed by atoms with Gasteiger partial charge in [0.15, 0.2) is 11.5 Å². The molecule has 1 fully saturated rings. The lowest BCUT2D eigenvalue weighted by Crippen LogP contribution is -2.42. The zero-order chi connectivity index (χ0) is 20.8. The monoisotopic (exact) mass is 406 g/mol. The van der Waals surface area contributed by atoms with Crippen LogP contribution in [-0.4, -0.2) is 30.1 Å². The maximum atomic E-state index is 13.0. The summed E-state index contributed by atoms with van der Waals surface area (Å²) in [5.41, 5.74) is 5.34. The molecule has 30 heavy (non-hydrogen) atoms. The summed E-state index contributed by atoms with van der Waals surface area (Å²) in [5.74, 6) is 1.42. The van der Waals surface area contributed by atoms with E-state index in [-0.39, 0.29) is 30.4 Å². The number of nitrogens with one attached hydrogen (secondary N) is 1. The lowest BCUT2D eigenvalue weighted by atomic mass is 9.89. The third-order valence-electron chi connectivity index (χ3n) is 6.14. The molecule has 6 heteroatoms. The molecule has 2 amide bonds. The summed E-state index contributed by atoms with van der Waals surface area (Å²) in [6.45, 7) is 5.21. The summed E-state index contributed by atoms with van der Waals surface area (Å²) in [7, 11) is 0. The molecule has 2 aromatic carbocycles. The molecule has 3 aliphatic rings. The SMILES string of the molecule is Cc1cc(C)c2c(c1)CC(CN(Cc1ccc3c(c1)OCO3)C(=O)C1CC1)C(=O)N2. The zero-order valence-electron chi connectivity index (χ0n) is 17.4. The Morgan fingerprint density at radius 1 is 1.13 bits per heavy atom. The number of carbonyl (C=O) groups is 2. The highest BCUT2D eigenvalue weighted by Crippen LogP contribution is 2.36. The molecule has 2 heterocycles. The normalized spacial score (nSPS) is 19.3. The van der Waals surface area contributed by atoms with Crippen molar-refractivity contribution in [2.24, 2.45) is 11.8 Å². The van der Waals surface area contributed by atoms with Crippen molar-refractivity contribution in [3.63, 3.8) is 0 Å². The zero-order valence-corrected chi connectivity index (χ0v) is 17.4. The molecule has 156 valence electrons. The van der Waals surface area contributed by atoms with Crippen LogP contribution in [0.5, 0.6) is 11.5 Å². The Balaban J connectivity index is 1.37. The molecule has 0 radical (unpaired) electrons. The number of hydrogen-bond acceptors (Lipinski definition) is 4. The standard InChI is InChI=1S/C24H26N2O4/c1-14-7-15(2)22-18(8-14)10-19(23(27)25-22)12-26(24(28)17-4-5-17)11-16-3-6-20-21(9-16)30-13-29-20/h3,6-9,17,19H,4-5,10-13H2,1-2H3,(H,25,27). The Kier molecular flexibility index (Phi) is 4.65. The van der Waals surface area contributed by atoms with Crippen LogP contribution in [0.15, 0.2) is 30.3 Å². The average molecular weight is 406 g/mol. The van der Waals surface area contributed by atoms with Crippen molar-refractivity contribution in [2.75, 3.05) is 18.7 Å². The number of carbonyl (C=O) groups excluding carboxylic acids is 2. The minimum atomic E-state index is -0.254. The van der Waals surface area contributed by atoms with Gasteiger partial charge < -0.3 is 19.7 Å². The highest BCUT2D eigenvalue weighted by molar-refractivity contribution is 5.97. The number of anilines is 1. The molecule has 0 aromatic heterocycles. The maximum absolute atomic E-state index is 13.0. The third kappa shape index (κ3) is 3.62. The quantitative estimate of drug-likeness (QED) is 0.824. The van der Waals surface area contributed by atoms with Gasteiger partial charge in [-0.25, -0.2) is 0 Å². The predicted molar refractivity (Wildman–Crippen MR) is 112 cm³/mol. The number of benzene rings is 2. The number of aryl methyl sites for hydroxylation is 2. The molecule has 0 saturated heterocycles. The second-order valence-electron chi connectivity index (χ2n) is 8.69. The topological polar surface area (TPSA) is 67.9 Å². The summed E-state index contributed by atoms with van der Waals surface area (Å²) in [4.78, 5) is 27.7. The number of ether oxygens (including phenoxy) is 2. The number of hydrogen-bond donors (Lipinski definition) is 1. The van der Waals surface area contributed by atoms with E-state index >= 15 is 0 Å². The summed E-state index contributed by atoms with van der Waals surface area (Å²) in [6.07, 6.45) is 2.53. The molecule has 1 N–H and O–H groups in total. The second kappa shape index (κ2) is 7.35. The van der Waals surface area contributed by atoms with E-state index in [1.807, 2.05) is 30.0 Å². The highest BCUT2D eigenvalue weighted by Gasteiger charge is 2.36. The Hall–Kier alpha value is -3.02. The van der Waals surface area contributed by atoms with E-state index in [4.69, 9.17) is 9.47 Å². The molecular weight excluding hydrogens is 380 g/mol. The summed E-state index contributed by atoms with van der Waals surface area (Å²) < 4.78 is 10.9. The van der Waals surface area contributed by atoms with Gasteiger partial charge in [0.2, 0.25) is 18.6 Å². The van der Waals surface area contributed by atoms with Crippen molar-refractivity contribution in [3.8, 4) is 11.5 Å². The van der Waals surface area contributed by atoms with Crippen LogP contribution in [0.3, 0.4) is 0 Å². The van der Waals surface area contributed by atoms with Gasteiger partial charge >= 0.3 is 0 Å². The molecule has 1 saturated carbocycles. The van der Waals surface area contributed by atoms with Crippen LogP contribution in [0.4, 0.5) is 5.69 Å². The Morgan fingerprint density at radius 2 is 1.93 bits per heavy atom. The lowest BCUT2D eigenvalue weighted by Gasteiger charge is -2.31. The second-order valence-corrected chi connectivity index (χ2v) is 8.69. The minimum absolute atomic E-state index is 0.00580. The van der Waals surface area contributed by atoms with Gasteiger partial charge in [-0.05, 0) is 61.9 Å². The van der Waals surface area contributed by atoms with Crippen LogP contribution >= 0.6 is 0 Å². The van der Waals surface area contributed by atoms with E-state index in [0.717, 1.165) is 41.0 Å². The van der Waals surface area contributed by atoms with Crippen molar-refractivity contribution < 1.29 is 19.1 Å². The highest BCUT2D eigenvalue weighted by atomic mass is 16.7. The van der Waals surface area contributed by atoms with Crippen molar-refractivity contribution >= 4 is 17.5 Å². The van der Waals surface area contributed by atoms with Crippen LogP contribution in [0.25, 0.3) is 0 Å². The molecule has 1 unspecified atom stereocenters. The van der Waals surface area contributed by atoms with Crippen LogP contribution in [0.2, 0.25) is 0 Å². The van der Waals surface area contributed by atoms with Gasteiger partial charge in [-0.15, -0.1) is 0 Å². The summed E-state index contributed by atoms with van der Waals surface area (Å²) >= 11 is 0. The molecule has 2 aromatic rings. The van der Waals surface area contributed by atoms with Gasteiger partial charge in [-0.3, -0.25) is 9.59 Å². The van der Waals surface area contributed by atoms with Crippen LogP contribution in [0.1, 0.15) is 35.1 Å². The summed E-state index contributed by atoms with van der Waals surface area (Å²) in [6, 6.07) is 10.00. The van der Waals surface area contributed by atoms with E-state index in [2.05, 4.69) is 24.4 Å². The number of nitrogens with zero attached hydrogens (tertiary/aromatic N) is 1. The fourth-order valence-corrected chi connectivity index (χ4v) is 4.47. The van der Waals surface area contributed by atoms with E-state index in [9.17, 15) is 9.59 Å². The first-order valence-electron chi connectivity index (χ1n) is 10.6. The van der Waals surface area contributed by atoms with Gasteiger partial charge in [0.1, 0.15) is 0 Å². The largest absolute Gasteiger partial charge is 0.454 e.